The van der Waals surface area contributed by atoms with E-state index >= 15 is 0 Å². The summed E-state index contributed by atoms with van der Waals surface area (Å²) in [5, 5.41) is 3.75. The highest BCUT2D eigenvalue weighted by molar-refractivity contribution is 6.31. The first-order chi connectivity index (χ1) is 14.9. The van der Waals surface area contributed by atoms with E-state index in [9.17, 15) is 9.59 Å². The van der Waals surface area contributed by atoms with Gasteiger partial charge in [0.1, 0.15) is 11.9 Å². The lowest BCUT2D eigenvalue weighted by molar-refractivity contribution is -0.140. The second-order valence-corrected chi connectivity index (χ2v) is 9.57. The van der Waals surface area contributed by atoms with Gasteiger partial charge in [0.25, 0.3) is 0 Å². The normalized spacial score (nSPS) is 20.7. The first-order valence-electron chi connectivity index (χ1n) is 11.8. The smallest absolute Gasteiger partial charge is 0.247 e. The summed E-state index contributed by atoms with van der Waals surface area (Å²) in [7, 11) is 0. The molecule has 31 heavy (non-hydrogen) atoms. The molecule has 0 aromatic heterocycles. The van der Waals surface area contributed by atoms with Crippen molar-refractivity contribution in [2.75, 3.05) is 12.4 Å². The van der Waals surface area contributed by atoms with Crippen molar-refractivity contribution in [2.45, 2.75) is 84.2 Å². The highest BCUT2D eigenvalue weighted by atomic mass is 35.5. The molecule has 0 spiro atoms. The maximum atomic E-state index is 13.6. The summed E-state index contributed by atoms with van der Waals surface area (Å²) >= 11 is 12.5. The Morgan fingerprint density at radius 2 is 1.90 bits per heavy atom. The molecule has 174 valence electrons. The Kier molecular flexibility index (Phi) is 11.2. The van der Waals surface area contributed by atoms with Crippen LogP contribution in [0.4, 0.5) is 0 Å². The molecular formula is C25H38Cl2N2O2. The Hall–Kier alpha value is -1.26. The Balaban J connectivity index is 2.38. The number of amides is 2. The van der Waals surface area contributed by atoms with Crippen LogP contribution in [0.5, 0.6) is 0 Å². The van der Waals surface area contributed by atoms with Gasteiger partial charge in [-0.05, 0) is 37.2 Å². The van der Waals surface area contributed by atoms with Gasteiger partial charge < -0.3 is 10.2 Å². The molecule has 0 heterocycles. The summed E-state index contributed by atoms with van der Waals surface area (Å²) in [5.74, 6) is 0.204. The predicted molar refractivity (Wildman–Crippen MR) is 129 cm³/mol. The standard InChI is InChI=1S/C25H38Cl2N2O2/c1-4-6-12-19(5-2)17-29(23(30)16-26)24(20-13-8-9-14-21(20)27)25(31)28-22-15-10-7-11-18(22)3/h8-9,13-14,18-19,22,24H,4-7,10-12,15-17H2,1-3H3,(H,28,31)/t18-,19-,22+,24-/m0/s1. The minimum absolute atomic E-state index is 0.126. The van der Waals surface area contributed by atoms with Crippen molar-refractivity contribution in [3.05, 3.63) is 34.9 Å². The molecule has 4 nitrogen and oxygen atoms in total. The quantitative estimate of drug-likeness (QED) is 0.384. The molecule has 1 saturated carbocycles. The summed E-state index contributed by atoms with van der Waals surface area (Å²) in [6, 6.07) is 6.68. The highest BCUT2D eigenvalue weighted by Crippen LogP contribution is 2.31. The van der Waals surface area contributed by atoms with Gasteiger partial charge in [-0.1, -0.05) is 82.7 Å². The monoisotopic (exact) mass is 468 g/mol. The van der Waals surface area contributed by atoms with Crippen LogP contribution in [0.25, 0.3) is 0 Å². The maximum Gasteiger partial charge on any atom is 0.247 e. The van der Waals surface area contributed by atoms with E-state index in [4.69, 9.17) is 23.2 Å². The van der Waals surface area contributed by atoms with Crippen molar-refractivity contribution in [3.8, 4) is 0 Å². The fourth-order valence-corrected chi connectivity index (χ4v) is 4.96. The van der Waals surface area contributed by atoms with Gasteiger partial charge in [0.2, 0.25) is 11.8 Å². The van der Waals surface area contributed by atoms with Crippen LogP contribution in [0.15, 0.2) is 24.3 Å². The lowest BCUT2D eigenvalue weighted by atomic mass is 9.85. The number of hydrogen-bond acceptors (Lipinski definition) is 2. The van der Waals surface area contributed by atoms with E-state index in [1.54, 1.807) is 11.0 Å². The van der Waals surface area contributed by atoms with E-state index < -0.39 is 6.04 Å². The SMILES string of the molecule is CCCC[C@H](CC)CN(C(=O)CCl)[C@H](C(=O)N[C@@H]1CCCC[C@@H]1C)c1ccccc1Cl. The number of nitrogens with zero attached hydrogens (tertiary/aromatic N) is 1. The molecule has 6 heteroatoms. The molecule has 1 aliphatic rings. The van der Waals surface area contributed by atoms with Crippen molar-refractivity contribution >= 4 is 35.0 Å². The van der Waals surface area contributed by atoms with Gasteiger partial charge >= 0.3 is 0 Å². The van der Waals surface area contributed by atoms with E-state index in [2.05, 4.69) is 26.1 Å². The minimum atomic E-state index is -0.773. The number of halogens is 2. The van der Waals surface area contributed by atoms with Crippen LogP contribution in [0, 0.1) is 11.8 Å². The number of benzene rings is 1. The molecule has 1 N–H and O–H groups in total. The zero-order valence-electron chi connectivity index (χ0n) is 19.2. The van der Waals surface area contributed by atoms with E-state index in [0.29, 0.717) is 29.0 Å². The van der Waals surface area contributed by atoms with Crippen LogP contribution in [0.3, 0.4) is 0 Å². The summed E-state index contributed by atoms with van der Waals surface area (Å²) in [6.07, 6.45) is 8.58. The average molecular weight is 469 g/mol. The fourth-order valence-electron chi connectivity index (χ4n) is 4.56. The largest absolute Gasteiger partial charge is 0.351 e. The molecule has 0 bridgehead atoms. The van der Waals surface area contributed by atoms with E-state index in [-0.39, 0.29) is 23.7 Å². The van der Waals surface area contributed by atoms with Gasteiger partial charge in [-0.25, -0.2) is 0 Å². The third-order valence-corrected chi connectivity index (χ3v) is 7.20. The van der Waals surface area contributed by atoms with E-state index in [1.807, 2.05) is 18.2 Å². The molecule has 0 unspecified atom stereocenters. The highest BCUT2D eigenvalue weighted by Gasteiger charge is 2.35. The van der Waals surface area contributed by atoms with Gasteiger partial charge in [0.15, 0.2) is 0 Å². The summed E-state index contributed by atoms with van der Waals surface area (Å²) in [4.78, 5) is 28.3. The van der Waals surface area contributed by atoms with Crippen molar-refractivity contribution in [1.29, 1.82) is 0 Å². The second kappa shape index (κ2) is 13.3. The summed E-state index contributed by atoms with van der Waals surface area (Å²) in [5.41, 5.74) is 0.661. The molecule has 1 aromatic rings. The van der Waals surface area contributed by atoms with Crippen LogP contribution in [0.1, 0.15) is 83.7 Å². The number of hydrogen-bond donors (Lipinski definition) is 1. The number of carbonyl (C=O) groups is 2. The van der Waals surface area contributed by atoms with Crippen molar-refractivity contribution in [1.82, 2.24) is 10.2 Å². The van der Waals surface area contributed by atoms with Crippen molar-refractivity contribution in [3.63, 3.8) is 0 Å². The maximum absolute atomic E-state index is 13.6. The zero-order valence-corrected chi connectivity index (χ0v) is 20.7. The van der Waals surface area contributed by atoms with Crippen LogP contribution in [-0.2, 0) is 9.59 Å². The van der Waals surface area contributed by atoms with Crippen molar-refractivity contribution < 1.29 is 9.59 Å². The van der Waals surface area contributed by atoms with Crippen LogP contribution in [-0.4, -0.2) is 35.2 Å². The number of alkyl halides is 1. The lowest BCUT2D eigenvalue weighted by Gasteiger charge is -2.36. The molecule has 1 aliphatic carbocycles. The number of rotatable bonds is 11. The first kappa shape index (κ1) is 26.0. The van der Waals surface area contributed by atoms with Gasteiger partial charge in [-0.3, -0.25) is 9.59 Å². The van der Waals surface area contributed by atoms with E-state index in [1.165, 1.54) is 6.42 Å². The van der Waals surface area contributed by atoms with Gasteiger partial charge in [0.05, 0.1) is 0 Å². The first-order valence-corrected chi connectivity index (χ1v) is 12.7. The molecule has 0 saturated heterocycles. The lowest BCUT2D eigenvalue weighted by Crippen LogP contribution is -2.50. The van der Waals surface area contributed by atoms with Crippen LogP contribution < -0.4 is 5.32 Å². The van der Waals surface area contributed by atoms with Gasteiger partial charge in [-0.15, -0.1) is 11.6 Å². The minimum Gasteiger partial charge on any atom is -0.351 e. The van der Waals surface area contributed by atoms with Crippen LogP contribution in [0.2, 0.25) is 5.02 Å². The summed E-state index contributed by atoms with van der Waals surface area (Å²) < 4.78 is 0. The number of nitrogens with one attached hydrogen (secondary N) is 1. The topological polar surface area (TPSA) is 49.4 Å². The third kappa shape index (κ3) is 7.39. The van der Waals surface area contributed by atoms with Gasteiger partial charge in [0, 0.05) is 23.2 Å². The second-order valence-electron chi connectivity index (χ2n) is 8.90. The molecular weight excluding hydrogens is 431 g/mol. The molecule has 2 amide bonds. The van der Waals surface area contributed by atoms with E-state index in [0.717, 1.165) is 44.9 Å². The Morgan fingerprint density at radius 3 is 2.52 bits per heavy atom. The third-order valence-electron chi connectivity index (χ3n) is 6.63. The predicted octanol–water partition coefficient (Wildman–Crippen LogP) is 6.36. The van der Waals surface area contributed by atoms with Gasteiger partial charge in [-0.2, -0.15) is 0 Å². The zero-order chi connectivity index (χ0) is 22.8. The van der Waals surface area contributed by atoms with Crippen molar-refractivity contribution in [2.24, 2.45) is 11.8 Å². The Bertz CT molecular complexity index is 713. The number of unbranched alkanes of at least 4 members (excludes halogenated alkanes) is 1. The Morgan fingerprint density at radius 1 is 1.19 bits per heavy atom. The number of carbonyl (C=O) groups excluding carboxylic acids is 2. The molecule has 4 atom stereocenters. The van der Waals surface area contributed by atoms with Crippen LogP contribution >= 0.6 is 23.2 Å². The molecule has 2 rings (SSSR count). The summed E-state index contributed by atoms with van der Waals surface area (Å²) in [6.45, 7) is 7.00. The Labute approximate surface area is 198 Å². The molecule has 0 aliphatic heterocycles. The molecule has 1 fully saturated rings. The average Bonchev–Trinajstić information content (AvgIpc) is 2.77. The fraction of sp³-hybridized carbons (Fsp3) is 0.680. The molecule has 0 radical (unpaired) electrons. The molecule has 1 aromatic carbocycles.